The number of aryl methyl sites for hydroxylation is 1. The van der Waals surface area contributed by atoms with Gasteiger partial charge < -0.3 is 19.2 Å². The third-order valence-electron chi connectivity index (χ3n) is 4.76. The Morgan fingerprint density at radius 3 is 3.00 bits per heavy atom. The fourth-order valence-corrected chi connectivity index (χ4v) is 3.35. The third kappa shape index (κ3) is 4.01. The van der Waals surface area contributed by atoms with Gasteiger partial charge in [0, 0.05) is 32.6 Å². The Bertz CT molecular complexity index is 681. The van der Waals surface area contributed by atoms with Gasteiger partial charge in [0.15, 0.2) is 0 Å². The molecule has 2 aromatic rings. The van der Waals surface area contributed by atoms with Crippen LogP contribution >= 0.6 is 0 Å². The van der Waals surface area contributed by atoms with Gasteiger partial charge in [-0.1, -0.05) is 0 Å². The van der Waals surface area contributed by atoms with E-state index in [-0.39, 0.29) is 18.0 Å². The van der Waals surface area contributed by atoms with Gasteiger partial charge in [-0.05, 0) is 39.1 Å². The number of likely N-dealkylation sites (tertiary alicyclic amines) is 1. The van der Waals surface area contributed by atoms with Gasteiger partial charge >= 0.3 is 6.03 Å². The maximum atomic E-state index is 12.6. The van der Waals surface area contributed by atoms with E-state index in [1.54, 1.807) is 12.6 Å². The number of carbonyl (C=O) groups excluding carboxylic acids is 1. The summed E-state index contributed by atoms with van der Waals surface area (Å²) in [5.74, 6) is 2.03. The summed E-state index contributed by atoms with van der Waals surface area (Å²) < 4.78 is 7.42. The first kappa shape index (κ1) is 17.5. The second kappa shape index (κ2) is 7.69. The Balaban J connectivity index is 1.58. The average molecular weight is 346 g/mol. The lowest BCUT2D eigenvalue weighted by Crippen LogP contribution is -2.47. The second-order valence-electron chi connectivity index (χ2n) is 6.77. The molecule has 0 radical (unpaired) electrons. The molecule has 0 unspecified atom stereocenters. The van der Waals surface area contributed by atoms with Crippen LogP contribution in [-0.4, -0.2) is 64.3 Å². The van der Waals surface area contributed by atoms with Crippen LogP contribution < -0.4 is 5.32 Å². The summed E-state index contributed by atoms with van der Waals surface area (Å²) in [5.41, 5.74) is 0. The van der Waals surface area contributed by atoms with Crippen molar-refractivity contribution >= 4 is 6.03 Å². The predicted molar refractivity (Wildman–Crippen MR) is 93.1 cm³/mol. The molecule has 0 spiro atoms. The minimum atomic E-state index is -0.0368. The molecule has 2 aromatic heterocycles. The Labute approximate surface area is 147 Å². The standard InChI is InChI=1S/C17H26N6O2/c1-21(2)14(15-7-5-9-25-15)10-18-17(24)23-8-4-6-13(11-23)16-20-19-12-22(16)3/h5,7,9,12-14H,4,6,8,10-11H2,1-3H3,(H,18,24)/t13-,14+/m1/s1. The summed E-state index contributed by atoms with van der Waals surface area (Å²) in [4.78, 5) is 16.5. The first-order valence-electron chi connectivity index (χ1n) is 8.62. The molecule has 1 fully saturated rings. The van der Waals surface area contributed by atoms with Crippen LogP contribution in [0.25, 0.3) is 0 Å². The third-order valence-corrected chi connectivity index (χ3v) is 4.76. The monoisotopic (exact) mass is 346 g/mol. The van der Waals surface area contributed by atoms with Crippen molar-refractivity contribution in [3.05, 3.63) is 36.3 Å². The highest BCUT2D eigenvalue weighted by Gasteiger charge is 2.28. The summed E-state index contributed by atoms with van der Waals surface area (Å²) in [6.07, 6.45) is 5.37. The van der Waals surface area contributed by atoms with E-state index in [0.717, 1.165) is 31.0 Å². The molecule has 1 aliphatic rings. The fraction of sp³-hybridized carbons (Fsp3) is 0.588. The molecule has 0 saturated carbocycles. The van der Waals surface area contributed by atoms with Crippen LogP contribution in [0.4, 0.5) is 4.79 Å². The van der Waals surface area contributed by atoms with E-state index >= 15 is 0 Å². The van der Waals surface area contributed by atoms with Gasteiger partial charge in [-0.15, -0.1) is 10.2 Å². The van der Waals surface area contributed by atoms with Gasteiger partial charge in [0.25, 0.3) is 0 Å². The SMILES string of the molecule is CN(C)[C@@H](CNC(=O)N1CCC[C@@H](c2nncn2C)C1)c1ccco1. The zero-order valence-corrected chi connectivity index (χ0v) is 15.1. The quantitative estimate of drug-likeness (QED) is 0.889. The smallest absolute Gasteiger partial charge is 0.317 e. The highest BCUT2D eigenvalue weighted by molar-refractivity contribution is 5.74. The van der Waals surface area contributed by atoms with Crippen molar-refractivity contribution in [3.8, 4) is 0 Å². The Kier molecular flexibility index (Phi) is 5.37. The lowest BCUT2D eigenvalue weighted by atomic mass is 9.97. The molecule has 8 nitrogen and oxygen atoms in total. The molecule has 3 heterocycles. The lowest BCUT2D eigenvalue weighted by molar-refractivity contribution is 0.171. The molecule has 2 atom stereocenters. The molecule has 8 heteroatoms. The van der Waals surface area contributed by atoms with Crippen molar-refractivity contribution in [1.29, 1.82) is 0 Å². The Hall–Kier alpha value is -2.35. The number of hydrogen-bond acceptors (Lipinski definition) is 5. The Morgan fingerprint density at radius 1 is 1.52 bits per heavy atom. The van der Waals surface area contributed by atoms with Crippen molar-refractivity contribution in [1.82, 2.24) is 29.9 Å². The molecule has 1 aliphatic heterocycles. The van der Waals surface area contributed by atoms with Crippen LogP contribution in [-0.2, 0) is 7.05 Å². The van der Waals surface area contributed by atoms with E-state index in [0.29, 0.717) is 13.1 Å². The number of likely N-dealkylation sites (N-methyl/N-ethyl adjacent to an activating group) is 1. The van der Waals surface area contributed by atoms with Crippen molar-refractivity contribution in [3.63, 3.8) is 0 Å². The van der Waals surface area contributed by atoms with Crippen LogP contribution in [0, 0.1) is 0 Å². The maximum absolute atomic E-state index is 12.6. The topological polar surface area (TPSA) is 79.4 Å². The molecule has 136 valence electrons. The highest BCUT2D eigenvalue weighted by Crippen LogP contribution is 2.25. The summed E-state index contributed by atoms with van der Waals surface area (Å²) >= 11 is 0. The summed E-state index contributed by atoms with van der Waals surface area (Å²) in [5, 5.41) is 11.2. The van der Waals surface area contributed by atoms with Gasteiger partial charge in [-0.25, -0.2) is 4.79 Å². The van der Waals surface area contributed by atoms with Crippen LogP contribution in [0.1, 0.15) is 36.4 Å². The van der Waals surface area contributed by atoms with Crippen molar-refractivity contribution in [2.45, 2.75) is 24.8 Å². The zero-order valence-electron chi connectivity index (χ0n) is 15.1. The van der Waals surface area contributed by atoms with Gasteiger partial charge in [0.2, 0.25) is 0 Å². The predicted octanol–water partition coefficient (Wildman–Crippen LogP) is 1.60. The highest BCUT2D eigenvalue weighted by atomic mass is 16.3. The minimum absolute atomic E-state index is 0.0123. The van der Waals surface area contributed by atoms with E-state index in [9.17, 15) is 4.79 Å². The summed E-state index contributed by atoms with van der Waals surface area (Å²) in [6.45, 7) is 1.95. The van der Waals surface area contributed by atoms with E-state index in [2.05, 4.69) is 15.5 Å². The Morgan fingerprint density at radius 2 is 2.36 bits per heavy atom. The van der Waals surface area contributed by atoms with Crippen LogP contribution in [0.15, 0.2) is 29.1 Å². The van der Waals surface area contributed by atoms with Crippen molar-refractivity contribution < 1.29 is 9.21 Å². The van der Waals surface area contributed by atoms with E-state index < -0.39 is 0 Å². The number of amides is 2. The average Bonchev–Trinajstić information content (AvgIpc) is 3.26. The largest absolute Gasteiger partial charge is 0.468 e. The number of urea groups is 1. The molecule has 0 aliphatic carbocycles. The van der Waals surface area contributed by atoms with E-state index in [1.165, 1.54) is 0 Å². The van der Waals surface area contributed by atoms with Crippen molar-refractivity contribution in [2.24, 2.45) is 7.05 Å². The van der Waals surface area contributed by atoms with E-state index in [1.807, 2.05) is 47.6 Å². The normalized spacial score (nSPS) is 19.2. The van der Waals surface area contributed by atoms with Gasteiger partial charge in [0.1, 0.15) is 17.9 Å². The number of aromatic nitrogens is 3. The first-order valence-corrected chi connectivity index (χ1v) is 8.62. The molecular weight excluding hydrogens is 320 g/mol. The maximum Gasteiger partial charge on any atom is 0.317 e. The number of nitrogens with one attached hydrogen (secondary N) is 1. The number of nitrogens with zero attached hydrogens (tertiary/aromatic N) is 5. The number of furan rings is 1. The second-order valence-corrected chi connectivity index (χ2v) is 6.77. The lowest BCUT2D eigenvalue weighted by Gasteiger charge is -2.33. The molecule has 0 aromatic carbocycles. The molecule has 1 saturated heterocycles. The van der Waals surface area contributed by atoms with Gasteiger partial charge in [-0.2, -0.15) is 0 Å². The number of hydrogen-bond donors (Lipinski definition) is 1. The molecule has 0 bridgehead atoms. The van der Waals surface area contributed by atoms with Crippen LogP contribution in [0.5, 0.6) is 0 Å². The molecule has 1 N–H and O–H groups in total. The summed E-state index contributed by atoms with van der Waals surface area (Å²) in [6, 6.07) is 3.77. The summed E-state index contributed by atoms with van der Waals surface area (Å²) in [7, 11) is 5.90. The van der Waals surface area contributed by atoms with E-state index in [4.69, 9.17) is 4.42 Å². The number of rotatable bonds is 5. The van der Waals surface area contributed by atoms with Crippen LogP contribution in [0.2, 0.25) is 0 Å². The number of carbonyl (C=O) groups is 1. The van der Waals surface area contributed by atoms with Crippen molar-refractivity contribution in [2.75, 3.05) is 33.7 Å². The van der Waals surface area contributed by atoms with Gasteiger partial charge in [0.05, 0.1) is 12.3 Å². The molecular formula is C17H26N6O2. The molecule has 25 heavy (non-hydrogen) atoms. The number of piperidine rings is 1. The molecule has 3 rings (SSSR count). The van der Waals surface area contributed by atoms with Crippen LogP contribution in [0.3, 0.4) is 0 Å². The minimum Gasteiger partial charge on any atom is -0.468 e. The molecule has 2 amide bonds. The zero-order chi connectivity index (χ0) is 17.8. The first-order chi connectivity index (χ1) is 12.1. The van der Waals surface area contributed by atoms with Gasteiger partial charge in [-0.3, -0.25) is 4.90 Å². The fourth-order valence-electron chi connectivity index (χ4n) is 3.35.